The molecule has 0 aliphatic carbocycles. The first-order valence-corrected chi connectivity index (χ1v) is 7.70. The molecule has 0 radical (unpaired) electrons. The molecule has 1 aromatic rings. The molecular weight excluding hydrogens is 262 g/mol. The van der Waals surface area contributed by atoms with Crippen molar-refractivity contribution in [1.82, 2.24) is 9.80 Å². The number of nitrogens with one attached hydrogen (secondary N) is 1. The molecule has 21 heavy (non-hydrogen) atoms. The summed E-state index contributed by atoms with van der Waals surface area (Å²) in [5.74, 6) is 0.103. The van der Waals surface area contributed by atoms with Crippen LogP contribution in [-0.4, -0.2) is 55.5 Å². The van der Waals surface area contributed by atoms with E-state index in [-0.39, 0.29) is 11.9 Å². The summed E-state index contributed by atoms with van der Waals surface area (Å²) in [4.78, 5) is 17.0. The van der Waals surface area contributed by atoms with Crippen molar-refractivity contribution in [3.63, 3.8) is 0 Å². The van der Waals surface area contributed by atoms with E-state index in [9.17, 15) is 4.79 Å². The number of benzene rings is 1. The molecule has 0 aliphatic rings. The van der Waals surface area contributed by atoms with Crippen LogP contribution in [0.2, 0.25) is 0 Å². The van der Waals surface area contributed by atoms with Gasteiger partial charge in [0.2, 0.25) is 0 Å². The van der Waals surface area contributed by atoms with Crippen molar-refractivity contribution in [3.8, 4) is 0 Å². The van der Waals surface area contributed by atoms with Gasteiger partial charge in [0.1, 0.15) is 0 Å². The molecular formula is C17H29N3O. The van der Waals surface area contributed by atoms with Crippen molar-refractivity contribution in [2.45, 2.75) is 33.7 Å². The molecule has 0 saturated carbocycles. The fourth-order valence-corrected chi connectivity index (χ4v) is 2.62. The molecule has 0 saturated heterocycles. The van der Waals surface area contributed by atoms with E-state index in [1.165, 1.54) is 0 Å². The highest BCUT2D eigenvalue weighted by molar-refractivity contribution is 6.00. The van der Waals surface area contributed by atoms with Gasteiger partial charge in [0.15, 0.2) is 0 Å². The summed E-state index contributed by atoms with van der Waals surface area (Å²) in [6.45, 7) is 10.6. The summed E-state index contributed by atoms with van der Waals surface area (Å²) in [7, 11) is 4.07. The second kappa shape index (κ2) is 8.03. The summed E-state index contributed by atoms with van der Waals surface area (Å²) >= 11 is 0. The molecule has 0 aromatic heterocycles. The Balaban J connectivity index is 3.06. The van der Waals surface area contributed by atoms with Crippen LogP contribution in [0.5, 0.6) is 0 Å². The highest BCUT2D eigenvalue weighted by Gasteiger charge is 2.22. The SMILES string of the molecule is CCNc1ccc(C)cc1C(=O)N(CC)C(C)CN(C)C. The van der Waals surface area contributed by atoms with E-state index in [4.69, 9.17) is 0 Å². The molecule has 1 unspecified atom stereocenters. The van der Waals surface area contributed by atoms with Crippen LogP contribution >= 0.6 is 0 Å². The van der Waals surface area contributed by atoms with Crippen molar-refractivity contribution < 1.29 is 4.79 Å². The molecule has 0 spiro atoms. The highest BCUT2D eigenvalue weighted by Crippen LogP contribution is 2.20. The van der Waals surface area contributed by atoms with E-state index in [1.807, 2.05) is 58.0 Å². The van der Waals surface area contributed by atoms with Gasteiger partial charge in [-0.15, -0.1) is 0 Å². The molecule has 1 N–H and O–H groups in total. The predicted octanol–water partition coefficient (Wildman–Crippen LogP) is 2.84. The minimum atomic E-state index is 0.103. The lowest BCUT2D eigenvalue weighted by Gasteiger charge is -2.31. The van der Waals surface area contributed by atoms with Crippen LogP contribution in [0.1, 0.15) is 36.7 Å². The van der Waals surface area contributed by atoms with Crippen LogP contribution in [0.4, 0.5) is 5.69 Å². The van der Waals surface area contributed by atoms with Gasteiger partial charge in [0.25, 0.3) is 5.91 Å². The maximum absolute atomic E-state index is 12.9. The number of rotatable bonds is 7. The maximum atomic E-state index is 12.9. The van der Waals surface area contributed by atoms with Crippen LogP contribution in [0.3, 0.4) is 0 Å². The first-order valence-electron chi connectivity index (χ1n) is 7.70. The number of carbonyl (C=O) groups excluding carboxylic acids is 1. The van der Waals surface area contributed by atoms with Crippen molar-refractivity contribution in [2.75, 3.05) is 39.0 Å². The third-order valence-corrected chi connectivity index (χ3v) is 3.54. The third-order valence-electron chi connectivity index (χ3n) is 3.54. The second-order valence-electron chi connectivity index (χ2n) is 5.78. The molecule has 0 fully saturated rings. The standard InChI is InChI=1S/C17H29N3O/c1-7-18-16-10-9-13(3)11-15(16)17(21)20(8-2)14(4)12-19(5)6/h9-11,14,18H,7-8,12H2,1-6H3. The average Bonchev–Trinajstić information content (AvgIpc) is 2.40. The zero-order valence-electron chi connectivity index (χ0n) is 14.2. The Kier molecular flexibility index (Phi) is 6.69. The van der Waals surface area contributed by atoms with Gasteiger partial charge < -0.3 is 15.1 Å². The Bertz CT molecular complexity index is 471. The normalized spacial score (nSPS) is 12.3. The van der Waals surface area contributed by atoms with E-state index < -0.39 is 0 Å². The first-order chi connectivity index (χ1) is 9.90. The molecule has 0 bridgehead atoms. The van der Waals surface area contributed by atoms with Crippen molar-refractivity contribution in [1.29, 1.82) is 0 Å². The van der Waals surface area contributed by atoms with Gasteiger partial charge in [0.05, 0.1) is 5.56 Å². The molecule has 4 heteroatoms. The fraction of sp³-hybridized carbons (Fsp3) is 0.588. The summed E-state index contributed by atoms with van der Waals surface area (Å²) in [6, 6.07) is 6.20. The van der Waals surface area contributed by atoms with Crippen molar-refractivity contribution in [3.05, 3.63) is 29.3 Å². The van der Waals surface area contributed by atoms with Gasteiger partial charge in [-0.1, -0.05) is 11.6 Å². The fourth-order valence-electron chi connectivity index (χ4n) is 2.62. The molecule has 1 amide bonds. The number of amides is 1. The quantitative estimate of drug-likeness (QED) is 0.839. The topological polar surface area (TPSA) is 35.6 Å². The maximum Gasteiger partial charge on any atom is 0.256 e. The highest BCUT2D eigenvalue weighted by atomic mass is 16.2. The van der Waals surface area contributed by atoms with E-state index in [0.717, 1.165) is 29.9 Å². The number of hydrogen-bond acceptors (Lipinski definition) is 3. The largest absolute Gasteiger partial charge is 0.385 e. The lowest BCUT2D eigenvalue weighted by Crippen LogP contribution is -2.43. The van der Waals surface area contributed by atoms with Gasteiger partial charge in [0, 0.05) is 31.4 Å². The van der Waals surface area contributed by atoms with Gasteiger partial charge in [-0.3, -0.25) is 4.79 Å². The number of aryl methyl sites for hydroxylation is 1. The van der Waals surface area contributed by atoms with Gasteiger partial charge >= 0.3 is 0 Å². The Morgan fingerprint density at radius 1 is 1.29 bits per heavy atom. The number of hydrogen-bond donors (Lipinski definition) is 1. The average molecular weight is 291 g/mol. The van der Waals surface area contributed by atoms with E-state index in [2.05, 4.69) is 17.1 Å². The molecule has 1 aromatic carbocycles. The number of carbonyl (C=O) groups is 1. The summed E-state index contributed by atoms with van der Waals surface area (Å²) < 4.78 is 0. The second-order valence-corrected chi connectivity index (χ2v) is 5.78. The predicted molar refractivity (Wildman–Crippen MR) is 90.1 cm³/mol. The monoisotopic (exact) mass is 291 g/mol. The Labute approximate surface area is 129 Å². The lowest BCUT2D eigenvalue weighted by molar-refractivity contribution is 0.0680. The zero-order valence-corrected chi connectivity index (χ0v) is 14.2. The van der Waals surface area contributed by atoms with Crippen LogP contribution in [-0.2, 0) is 0 Å². The molecule has 118 valence electrons. The minimum absolute atomic E-state index is 0.103. The smallest absolute Gasteiger partial charge is 0.256 e. The van der Waals surface area contributed by atoms with Crippen LogP contribution in [0.15, 0.2) is 18.2 Å². The number of anilines is 1. The minimum Gasteiger partial charge on any atom is -0.385 e. The summed E-state index contributed by atoms with van der Waals surface area (Å²) in [6.07, 6.45) is 0. The zero-order chi connectivity index (χ0) is 16.0. The summed E-state index contributed by atoms with van der Waals surface area (Å²) in [5, 5.41) is 3.29. The van der Waals surface area contributed by atoms with Crippen LogP contribution in [0.25, 0.3) is 0 Å². The van der Waals surface area contributed by atoms with Gasteiger partial charge in [-0.05, 0) is 53.9 Å². The molecule has 4 nitrogen and oxygen atoms in total. The van der Waals surface area contributed by atoms with E-state index >= 15 is 0 Å². The first kappa shape index (κ1) is 17.5. The molecule has 0 heterocycles. The lowest BCUT2D eigenvalue weighted by atomic mass is 10.1. The Morgan fingerprint density at radius 2 is 1.95 bits per heavy atom. The van der Waals surface area contributed by atoms with Gasteiger partial charge in [-0.25, -0.2) is 0 Å². The number of likely N-dealkylation sites (N-methyl/N-ethyl adjacent to an activating group) is 2. The van der Waals surface area contributed by atoms with E-state index in [0.29, 0.717) is 6.54 Å². The molecule has 0 aliphatic heterocycles. The number of nitrogens with zero attached hydrogens (tertiary/aromatic N) is 2. The third kappa shape index (κ3) is 4.74. The Hall–Kier alpha value is -1.55. The van der Waals surface area contributed by atoms with Gasteiger partial charge in [-0.2, -0.15) is 0 Å². The van der Waals surface area contributed by atoms with Crippen LogP contribution < -0.4 is 5.32 Å². The Morgan fingerprint density at radius 3 is 2.48 bits per heavy atom. The summed E-state index contributed by atoms with van der Waals surface area (Å²) in [5.41, 5.74) is 2.80. The molecule has 1 rings (SSSR count). The van der Waals surface area contributed by atoms with Crippen LogP contribution in [0, 0.1) is 6.92 Å². The van der Waals surface area contributed by atoms with E-state index in [1.54, 1.807) is 0 Å². The van der Waals surface area contributed by atoms with Crippen molar-refractivity contribution in [2.24, 2.45) is 0 Å². The molecule has 1 atom stereocenters. The van der Waals surface area contributed by atoms with Crippen molar-refractivity contribution >= 4 is 11.6 Å².